The van der Waals surface area contributed by atoms with E-state index in [9.17, 15) is 0 Å². The first kappa shape index (κ1) is 13.4. The quantitative estimate of drug-likeness (QED) is 0.735. The van der Waals surface area contributed by atoms with Crippen molar-refractivity contribution < 1.29 is 4.74 Å². The Labute approximate surface area is 107 Å². The summed E-state index contributed by atoms with van der Waals surface area (Å²) in [6.45, 7) is 6.68. The molecular weight excluding hydrogens is 210 g/mol. The van der Waals surface area contributed by atoms with Gasteiger partial charge in [-0.2, -0.15) is 0 Å². The first-order valence-electron chi connectivity index (χ1n) is 7.66. The van der Waals surface area contributed by atoms with Gasteiger partial charge in [0.05, 0.1) is 12.7 Å². The number of ether oxygens (including phenoxy) is 1. The monoisotopic (exact) mass is 239 g/mol. The maximum absolute atomic E-state index is 6.19. The summed E-state index contributed by atoms with van der Waals surface area (Å²) >= 11 is 0. The van der Waals surface area contributed by atoms with E-state index in [4.69, 9.17) is 4.74 Å². The molecule has 0 spiro atoms. The van der Waals surface area contributed by atoms with Crippen LogP contribution in [0.15, 0.2) is 0 Å². The predicted molar refractivity (Wildman–Crippen MR) is 72.2 cm³/mol. The SMILES string of the molecule is CCCNC(COC1CCCCC1C)C1CC1. The molecule has 2 aliphatic carbocycles. The van der Waals surface area contributed by atoms with Crippen molar-refractivity contribution in [1.29, 1.82) is 0 Å². The molecular formula is C15H29NO. The van der Waals surface area contributed by atoms with Crippen LogP contribution < -0.4 is 5.32 Å². The van der Waals surface area contributed by atoms with Crippen LogP contribution in [0.25, 0.3) is 0 Å². The van der Waals surface area contributed by atoms with E-state index in [-0.39, 0.29) is 0 Å². The molecule has 2 nitrogen and oxygen atoms in total. The second-order valence-electron chi connectivity index (χ2n) is 6.03. The van der Waals surface area contributed by atoms with Crippen molar-refractivity contribution in [3.05, 3.63) is 0 Å². The summed E-state index contributed by atoms with van der Waals surface area (Å²) in [5, 5.41) is 3.66. The Kier molecular flexibility index (Phi) is 5.30. The third-order valence-electron chi connectivity index (χ3n) is 4.37. The smallest absolute Gasteiger partial charge is 0.0626 e. The molecule has 2 fully saturated rings. The summed E-state index contributed by atoms with van der Waals surface area (Å²) in [6.07, 6.45) is 9.99. The minimum absolute atomic E-state index is 0.536. The number of rotatable bonds is 7. The second-order valence-corrected chi connectivity index (χ2v) is 6.03. The third kappa shape index (κ3) is 4.26. The molecule has 3 atom stereocenters. The Bertz CT molecular complexity index is 215. The lowest BCUT2D eigenvalue weighted by Gasteiger charge is -2.30. The summed E-state index contributed by atoms with van der Waals surface area (Å²) in [7, 11) is 0. The summed E-state index contributed by atoms with van der Waals surface area (Å²) in [5.41, 5.74) is 0. The van der Waals surface area contributed by atoms with Gasteiger partial charge in [-0.1, -0.05) is 26.7 Å². The number of nitrogens with one attached hydrogen (secondary N) is 1. The summed E-state index contributed by atoms with van der Waals surface area (Å²) in [5.74, 6) is 1.68. The molecule has 3 unspecified atom stereocenters. The minimum Gasteiger partial charge on any atom is -0.376 e. The molecule has 0 aromatic heterocycles. The van der Waals surface area contributed by atoms with Gasteiger partial charge in [0, 0.05) is 6.04 Å². The van der Waals surface area contributed by atoms with Gasteiger partial charge in [-0.05, 0) is 50.5 Å². The first-order valence-corrected chi connectivity index (χ1v) is 7.66. The zero-order valence-electron chi connectivity index (χ0n) is 11.6. The highest BCUT2D eigenvalue weighted by molar-refractivity contribution is 4.86. The van der Waals surface area contributed by atoms with Gasteiger partial charge in [0.1, 0.15) is 0 Å². The van der Waals surface area contributed by atoms with Crippen molar-refractivity contribution in [3.63, 3.8) is 0 Å². The van der Waals surface area contributed by atoms with E-state index in [2.05, 4.69) is 19.2 Å². The summed E-state index contributed by atoms with van der Waals surface area (Å²) in [4.78, 5) is 0. The van der Waals surface area contributed by atoms with Crippen LogP contribution >= 0.6 is 0 Å². The van der Waals surface area contributed by atoms with Gasteiger partial charge in [0.2, 0.25) is 0 Å². The Morgan fingerprint density at radius 3 is 2.59 bits per heavy atom. The Hall–Kier alpha value is -0.0800. The second kappa shape index (κ2) is 6.75. The zero-order chi connectivity index (χ0) is 12.1. The third-order valence-corrected chi connectivity index (χ3v) is 4.37. The van der Waals surface area contributed by atoms with Crippen molar-refractivity contribution >= 4 is 0 Å². The maximum atomic E-state index is 6.19. The fourth-order valence-electron chi connectivity index (χ4n) is 2.95. The first-order chi connectivity index (χ1) is 8.31. The fourth-order valence-corrected chi connectivity index (χ4v) is 2.95. The van der Waals surface area contributed by atoms with Gasteiger partial charge < -0.3 is 10.1 Å². The molecule has 17 heavy (non-hydrogen) atoms. The summed E-state index contributed by atoms with van der Waals surface area (Å²) in [6, 6.07) is 0.629. The van der Waals surface area contributed by atoms with E-state index in [1.807, 2.05) is 0 Å². The van der Waals surface area contributed by atoms with Gasteiger partial charge in [0.15, 0.2) is 0 Å². The van der Waals surface area contributed by atoms with E-state index in [0.29, 0.717) is 12.1 Å². The molecule has 0 radical (unpaired) electrons. The van der Waals surface area contributed by atoms with Gasteiger partial charge >= 0.3 is 0 Å². The Morgan fingerprint density at radius 1 is 1.18 bits per heavy atom. The van der Waals surface area contributed by atoms with E-state index >= 15 is 0 Å². The number of hydrogen-bond acceptors (Lipinski definition) is 2. The van der Waals surface area contributed by atoms with E-state index in [1.165, 1.54) is 44.9 Å². The average Bonchev–Trinajstić information content (AvgIpc) is 3.15. The van der Waals surface area contributed by atoms with E-state index < -0.39 is 0 Å². The van der Waals surface area contributed by atoms with Gasteiger partial charge in [-0.15, -0.1) is 0 Å². The standard InChI is InChI=1S/C15H29NO/c1-3-10-16-14(13-8-9-13)11-17-15-7-5-4-6-12(15)2/h12-16H,3-11H2,1-2H3. The predicted octanol–water partition coefficient (Wildman–Crippen LogP) is 3.36. The molecule has 0 aromatic rings. The van der Waals surface area contributed by atoms with Crippen LogP contribution in [-0.4, -0.2) is 25.3 Å². The van der Waals surface area contributed by atoms with Gasteiger partial charge in [0.25, 0.3) is 0 Å². The highest BCUT2D eigenvalue weighted by Crippen LogP contribution is 2.34. The minimum atomic E-state index is 0.536. The Morgan fingerprint density at radius 2 is 1.94 bits per heavy atom. The summed E-state index contributed by atoms with van der Waals surface area (Å²) < 4.78 is 6.19. The molecule has 0 saturated heterocycles. The van der Waals surface area contributed by atoms with Crippen molar-refractivity contribution in [2.45, 2.75) is 70.9 Å². The largest absolute Gasteiger partial charge is 0.376 e. The van der Waals surface area contributed by atoms with Gasteiger partial charge in [-0.25, -0.2) is 0 Å². The van der Waals surface area contributed by atoms with Crippen molar-refractivity contribution in [3.8, 4) is 0 Å². The lowest BCUT2D eigenvalue weighted by molar-refractivity contribution is -0.0173. The van der Waals surface area contributed by atoms with Crippen LogP contribution in [0.1, 0.15) is 58.8 Å². The van der Waals surface area contributed by atoms with Crippen LogP contribution in [0.3, 0.4) is 0 Å². The molecule has 2 rings (SSSR count). The normalized spacial score (nSPS) is 31.4. The number of hydrogen-bond donors (Lipinski definition) is 1. The molecule has 0 amide bonds. The van der Waals surface area contributed by atoms with Crippen molar-refractivity contribution in [2.75, 3.05) is 13.2 Å². The molecule has 0 aromatic carbocycles. The lowest BCUT2D eigenvalue weighted by atomic mass is 9.88. The van der Waals surface area contributed by atoms with E-state index in [1.54, 1.807) is 0 Å². The Balaban J connectivity index is 1.70. The molecule has 2 aliphatic rings. The zero-order valence-corrected chi connectivity index (χ0v) is 11.6. The molecule has 2 saturated carbocycles. The maximum Gasteiger partial charge on any atom is 0.0626 e. The highest BCUT2D eigenvalue weighted by Gasteiger charge is 2.32. The molecule has 0 aliphatic heterocycles. The van der Waals surface area contributed by atoms with Gasteiger partial charge in [-0.3, -0.25) is 0 Å². The van der Waals surface area contributed by atoms with Crippen LogP contribution in [-0.2, 0) is 4.74 Å². The van der Waals surface area contributed by atoms with Crippen molar-refractivity contribution in [1.82, 2.24) is 5.32 Å². The highest BCUT2D eigenvalue weighted by atomic mass is 16.5. The van der Waals surface area contributed by atoms with Crippen LogP contribution in [0.5, 0.6) is 0 Å². The molecule has 0 bridgehead atoms. The molecule has 2 heteroatoms. The molecule has 0 heterocycles. The average molecular weight is 239 g/mol. The van der Waals surface area contributed by atoms with E-state index in [0.717, 1.165) is 25.0 Å². The topological polar surface area (TPSA) is 21.3 Å². The van der Waals surface area contributed by atoms with Crippen LogP contribution in [0.2, 0.25) is 0 Å². The van der Waals surface area contributed by atoms with Crippen molar-refractivity contribution in [2.24, 2.45) is 11.8 Å². The molecule has 1 N–H and O–H groups in total. The molecule has 100 valence electrons. The lowest BCUT2D eigenvalue weighted by Crippen LogP contribution is -2.38. The van der Waals surface area contributed by atoms with Crippen LogP contribution in [0.4, 0.5) is 0 Å². The van der Waals surface area contributed by atoms with Crippen LogP contribution in [0, 0.1) is 11.8 Å². The fraction of sp³-hybridized carbons (Fsp3) is 1.00.